The number of quaternary nitrogens is 1. The largest absolute Gasteiger partial charge is 0.497 e. The molecule has 28 heavy (non-hydrogen) atoms. The third kappa shape index (κ3) is 3.80. The fourth-order valence-electron chi connectivity index (χ4n) is 4.50. The van der Waals surface area contributed by atoms with Gasteiger partial charge in [0.1, 0.15) is 5.75 Å². The van der Waals surface area contributed by atoms with Crippen LogP contribution in [0.1, 0.15) is 24.8 Å². The van der Waals surface area contributed by atoms with Crippen LogP contribution in [0.3, 0.4) is 0 Å². The molecule has 0 aliphatic carbocycles. The second-order valence-electron chi connectivity index (χ2n) is 7.81. The fourth-order valence-corrected chi connectivity index (χ4v) is 4.50. The van der Waals surface area contributed by atoms with Crippen LogP contribution in [0.25, 0.3) is 0 Å². The molecule has 2 fully saturated rings. The average molecular weight is 379 g/mol. The number of imide groups is 1. The lowest BCUT2D eigenvalue weighted by Crippen LogP contribution is -3.17. The van der Waals surface area contributed by atoms with Crippen molar-refractivity contribution in [2.24, 2.45) is 5.92 Å². The molecule has 2 aromatic carbocycles. The molecule has 5 nitrogen and oxygen atoms in total. The number of hydrogen-bond acceptors (Lipinski definition) is 3. The van der Waals surface area contributed by atoms with E-state index < -0.39 is 0 Å². The Labute approximate surface area is 165 Å². The second-order valence-corrected chi connectivity index (χ2v) is 7.81. The zero-order valence-corrected chi connectivity index (χ0v) is 16.3. The van der Waals surface area contributed by atoms with Gasteiger partial charge in [0.2, 0.25) is 5.91 Å². The summed E-state index contributed by atoms with van der Waals surface area (Å²) in [6, 6.07) is 17.5. The van der Waals surface area contributed by atoms with Crippen LogP contribution in [0.15, 0.2) is 54.6 Å². The quantitative estimate of drug-likeness (QED) is 0.807. The minimum absolute atomic E-state index is 0.0633. The van der Waals surface area contributed by atoms with Crippen LogP contribution >= 0.6 is 0 Å². The van der Waals surface area contributed by atoms with Gasteiger partial charge in [0.25, 0.3) is 5.91 Å². The van der Waals surface area contributed by atoms with E-state index in [4.69, 9.17) is 4.74 Å². The van der Waals surface area contributed by atoms with E-state index in [0.29, 0.717) is 23.8 Å². The highest BCUT2D eigenvalue weighted by Gasteiger charge is 2.46. The van der Waals surface area contributed by atoms with E-state index in [9.17, 15) is 9.59 Å². The van der Waals surface area contributed by atoms with Crippen molar-refractivity contribution in [2.75, 3.05) is 25.1 Å². The Kier molecular flexibility index (Phi) is 5.44. The van der Waals surface area contributed by atoms with E-state index in [-0.39, 0.29) is 17.9 Å². The van der Waals surface area contributed by atoms with Gasteiger partial charge in [0.15, 0.2) is 6.04 Å². The maximum Gasteiger partial charge on any atom is 0.292 e. The van der Waals surface area contributed by atoms with Gasteiger partial charge in [-0.25, -0.2) is 4.90 Å². The summed E-state index contributed by atoms with van der Waals surface area (Å²) in [5.74, 6) is 1.22. The Bertz CT molecular complexity index is 827. The van der Waals surface area contributed by atoms with Gasteiger partial charge in [-0.3, -0.25) is 9.59 Å². The van der Waals surface area contributed by atoms with E-state index >= 15 is 0 Å². The van der Waals surface area contributed by atoms with Crippen molar-refractivity contribution in [1.82, 2.24) is 0 Å². The first kappa shape index (κ1) is 18.7. The van der Waals surface area contributed by atoms with E-state index in [1.165, 1.54) is 15.4 Å². The highest BCUT2D eigenvalue weighted by molar-refractivity contribution is 6.21. The van der Waals surface area contributed by atoms with Crippen molar-refractivity contribution in [3.8, 4) is 5.75 Å². The third-order valence-electron chi connectivity index (χ3n) is 6.08. The van der Waals surface area contributed by atoms with E-state index in [1.54, 1.807) is 31.4 Å². The molecule has 0 radical (unpaired) electrons. The van der Waals surface area contributed by atoms with Crippen LogP contribution in [-0.4, -0.2) is 38.1 Å². The molecule has 0 spiro atoms. The third-order valence-corrected chi connectivity index (χ3v) is 6.08. The van der Waals surface area contributed by atoms with Crippen molar-refractivity contribution in [3.05, 3.63) is 60.2 Å². The van der Waals surface area contributed by atoms with Crippen molar-refractivity contribution in [3.63, 3.8) is 0 Å². The normalized spacial score (nSPS) is 25.2. The number of methoxy groups -OCH3 is 1. The standard InChI is InChI=1S/C23H26N2O3/c1-28-20-9-7-19(8-10-20)25-22(26)16-21(23(25)27)24-13-11-18(12-14-24)15-17-5-3-2-4-6-17/h2-10,18,21H,11-16H2,1H3/p+1/t21-/m1/s1. The summed E-state index contributed by atoms with van der Waals surface area (Å²) in [6.45, 7) is 1.91. The van der Waals surface area contributed by atoms with Gasteiger partial charge in [-0.05, 0) is 55.0 Å². The first-order chi connectivity index (χ1) is 13.7. The van der Waals surface area contributed by atoms with Crippen molar-refractivity contribution in [1.29, 1.82) is 0 Å². The molecule has 5 heteroatoms. The summed E-state index contributed by atoms with van der Waals surface area (Å²) in [5.41, 5.74) is 2.02. The van der Waals surface area contributed by atoms with Crippen molar-refractivity contribution in [2.45, 2.75) is 31.7 Å². The maximum absolute atomic E-state index is 13.0. The van der Waals surface area contributed by atoms with Crippen molar-refractivity contribution >= 4 is 17.5 Å². The van der Waals surface area contributed by atoms with Gasteiger partial charge in [-0.1, -0.05) is 30.3 Å². The van der Waals surface area contributed by atoms with E-state index in [2.05, 4.69) is 24.3 Å². The van der Waals surface area contributed by atoms with Gasteiger partial charge < -0.3 is 9.64 Å². The highest BCUT2D eigenvalue weighted by atomic mass is 16.5. The van der Waals surface area contributed by atoms with Crippen LogP contribution in [-0.2, 0) is 16.0 Å². The number of piperidine rings is 1. The number of likely N-dealkylation sites (tertiary alicyclic amines) is 1. The molecule has 2 aliphatic heterocycles. The highest BCUT2D eigenvalue weighted by Crippen LogP contribution is 2.25. The number of anilines is 1. The Morgan fingerprint density at radius 1 is 1.00 bits per heavy atom. The Morgan fingerprint density at radius 3 is 2.32 bits per heavy atom. The summed E-state index contributed by atoms with van der Waals surface area (Å²) in [7, 11) is 1.60. The van der Waals surface area contributed by atoms with Gasteiger partial charge in [0.05, 0.1) is 32.3 Å². The number of nitrogens with one attached hydrogen (secondary N) is 1. The number of nitrogens with zero attached hydrogens (tertiary/aromatic N) is 1. The molecule has 0 aromatic heterocycles. The predicted molar refractivity (Wildman–Crippen MR) is 107 cm³/mol. The number of rotatable bonds is 5. The van der Waals surface area contributed by atoms with Crippen LogP contribution in [0.5, 0.6) is 5.75 Å². The summed E-state index contributed by atoms with van der Waals surface area (Å²) in [4.78, 5) is 28.2. The zero-order chi connectivity index (χ0) is 19.5. The number of amides is 2. The monoisotopic (exact) mass is 379 g/mol. The summed E-state index contributed by atoms with van der Waals surface area (Å²) >= 11 is 0. The number of carbonyl (C=O) groups excluding carboxylic acids is 2. The molecular formula is C23H27N2O3+. The Hall–Kier alpha value is -2.66. The molecule has 4 rings (SSSR count). The van der Waals surface area contributed by atoms with E-state index in [0.717, 1.165) is 32.4 Å². The lowest BCUT2D eigenvalue weighted by Gasteiger charge is -2.32. The minimum atomic E-state index is -0.243. The average Bonchev–Trinajstić information content (AvgIpc) is 3.03. The molecule has 1 N–H and O–H groups in total. The van der Waals surface area contributed by atoms with Crippen LogP contribution in [0, 0.1) is 5.92 Å². The molecule has 2 aliphatic rings. The van der Waals surface area contributed by atoms with Crippen LogP contribution < -0.4 is 14.5 Å². The molecule has 0 unspecified atom stereocenters. The second kappa shape index (κ2) is 8.15. The van der Waals surface area contributed by atoms with E-state index in [1.807, 2.05) is 6.07 Å². The summed E-state index contributed by atoms with van der Waals surface area (Å²) < 4.78 is 5.16. The molecule has 0 saturated carbocycles. The lowest BCUT2D eigenvalue weighted by molar-refractivity contribution is -0.920. The van der Waals surface area contributed by atoms with Crippen LogP contribution in [0.4, 0.5) is 5.69 Å². The lowest BCUT2D eigenvalue weighted by atomic mass is 9.89. The molecule has 2 amide bonds. The van der Waals surface area contributed by atoms with Crippen LogP contribution in [0.2, 0.25) is 0 Å². The van der Waals surface area contributed by atoms with Crippen molar-refractivity contribution < 1.29 is 19.2 Å². The van der Waals surface area contributed by atoms with Gasteiger partial charge in [-0.2, -0.15) is 0 Å². The molecule has 2 saturated heterocycles. The molecule has 2 heterocycles. The molecule has 1 atom stereocenters. The fraction of sp³-hybridized carbons (Fsp3) is 0.391. The molecule has 146 valence electrons. The molecular weight excluding hydrogens is 352 g/mol. The first-order valence-corrected chi connectivity index (χ1v) is 10.0. The number of hydrogen-bond donors (Lipinski definition) is 1. The van der Waals surface area contributed by atoms with Gasteiger partial charge in [0, 0.05) is 0 Å². The Morgan fingerprint density at radius 2 is 1.68 bits per heavy atom. The zero-order valence-electron chi connectivity index (χ0n) is 16.3. The summed E-state index contributed by atoms with van der Waals surface area (Å²) in [5, 5.41) is 0. The maximum atomic E-state index is 13.0. The molecule has 2 aromatic rings. The first-order valence-electron chi connectivity index (χ1n) is 10.0. The smallest absolute Gasteiger partial charge is 0.292 e. The van der Waals surface area contributed by atoms with Gasteiger partial charge >= 0.3 is 0 Å². The number of benzene rings is 2. The SMILES string of the molecule is COc1ccc(N2C(=O)C[C@@H]([NH+]3CCC(Cc4ccccc4)CC3)C2=O)cc1. The topological polar surface area (TPSA) is 51.0 Å². The minimum Gasteiger partial charge on any atom is -0.497 e. The number of ether oxygens (including phenoxy) is 1. The summed E-state index contributed by atoms with van der Waals surface area (Å²) in [6.07, 6.45) is 3.61. The molecule has 0 bridgehead atoms. The number of carbonyl (C=O) groups is 2. The predicted octanol–water partition coefficient (Wildman–Crippen LogP) is 1.86. The van der Waals surface area contributed by atoms with Gasteiger partial charge in [-0.15, -0.1) is 0 Å². The Balaban J connectivity index is 1.37.